The minimum atomic E-state index is -3.01. The van der Waals surface area contributed by atoms with E-state index in [0.29, 0.717) is 6.54 Å². The first-order chi connectivity index (χ1) is 8.40. The standard InChI is InChI=1S/C12H17NO4S/c1-17-8-12(14)13-7-10-3-5-11(6-4-10)9-18(2,15)16/h3-6H,7-9H2,1-2H3,(H,13,14). The van der Waals surface area contributed by atoms with E-state index in [1.165, 1.54) is 13.4 Å². The summed E-state index contributed by atoms with van der Waals surface area (Å²) >= 11 is 0. The number of sulfone groups is 1. The predicted octanol–water partition coefficient (Wildman–Crippen LogP) is 0.494. The van der Waals surface area contributed by atoms with E-state index in [1.54, 1.807) is 24.3 Å². The second-order valence-corrected chi connectivity index (χ2v) is 6.24. The van der Waals surface area contributed by atoms with Crippen LogP contribution in [0.4, 0.5) is 0 Å². The highest BCUT2D eigenvalue weighted by atomic mass is 32.2. The fourth-order valence-corrected chi connectivity index (χ4v) is 2.24. The van der Waals surface area contributed by atoms with Gasteiger partial charge in [0.25, 0.3) is 0 Å². The Kier molecular flexibility index (Phi) is 5.30. The molecule has 0 aliphatic rings. The maximum atomic E-state index is 11.2. The largest absolute Gasteiger partial charge is 0.375 e. The van der Waals surface area contributed by atoms with Crippen LogP contribution in [-0.4, -0.2) is 34.3 Å². The molecule has 0 saturated carbocycles. The van der Waals surface area contributed by atoms with Gasteiger partial charge in [0.05, 0.1) is 5.75 Å². The molecule has 6 heteroatoms. The lowest BCUT2D eigenvalue weighted by molar-refractivity contribution is -0.124. The maximum Gasteiger partial charge on any atom is 0.246 e. The van der Waals surface area contributed by atoms with Crippen LogP contribution in [0.15, 0.2) is 24.3 Å². The van der Waals surface area contributed by atoms with E-state index in [4.69, 9.17) is 0 Å². The molecule has 1 amide bonds. The summed E-state index contributed by atoms with van der Waals surface area (Å²) in [5.41, 5.74) is 1.65. The van der Waals surface area contributed by atoms with Gasteiger partial charge in [-0.1, -0.05) is 24.3 Å². The average molecular weight is 271 g/mol. The molecule has 0 bridgehead atoms. The summed E-state index contributed by atoms with van der Waals surface area (Å²) in [7, 11) is -1.55. The topological polar surface area (TPSA) is 72.5 Å². The van der Waals surface area contributed by atoms with Crippen molar-refractivity contribution in [3.63, 3.8) is 0 Å². The van der Waals surface area contributed by atoms with Gasteiger partial charge in [-0.2, -0.15) is 0 Å². The minimum Gasteiger partial charge on any atom is -0.375 e. The molecule has 0 aliphatic heterocycles. The molecule has 0 saturated heterocycles. The molecule has 100 valence electrons. The van der Waals surface area contributed by atoms with Crippen molar-refractivity contribution in [2.24, 2.45) is 0 Å². The highest BCUT2D eigenvalue weighted by Crippen LogP contribution is 2.07. The highest BCUT2D eigenvalue weighted by molar-refractivity contribution is 7.89. The van der Waals surface area contributed by atoms with Gasteiger partial charge in [0.15, 0.2) is 9.84 Å². The van der Waals surface area contributed by atoms with E-state index in [9.17, 15) is 13.2 Å². The van der Waals surface area contributed by atoms with Gasteiger partial charge >= 0.3 is 0 Å². The van der Waals surface area contributed by atoms with Crippen LogP contribution in [0.25, 0.3) is 0 Å². The number of carbonyl (C=O) groups is 1. The number of methoxy groups -OCH3 is 1. The summed E-state index contributed by atoms with van der Waals surface area (Å²) in [5.74, 6) is -0.152. The van der Waals surface area contributed by atoms with Crippen molar-refractivity contribution in [3.8, 4) is 0 Å². The molecule has 1 aromatic carbocycles. The number of hydrogen-bond acceptors (Lipinski definition) is 4. The number of rotatable bonds is 6. The Morgan fingerprint density at radius 2 is 1.78 bits per heavy atom. The first-order valence-electron chi connectivity index (χ1n) is 5.42. The fraction of sp³-hybridized carbons (Fsp3) is 0.417. The molecule has 18 heavy (non-hydrogen) atoms. The zero-order chi connectivity index (χ0) is 13.6. The smallest absolute Gasteiger partial charge is 0.246 e. The lowest BCUT2D eigenvalue weighted by Gasteiger charge is -2.05. The Labute approximate surface area is 107 Å². The van der Waals surface area contributed by atoms with E-state index in [0.717, 1.165) is 11.1 Å². The van der Waals surface area contributed by atoms with Crippen LogP contribution in [0.3, 0.4) is 0 Å². The third-order valence-electron chi connectivity index (χ3n) is 2.22. The first kappa shape index (κ1) is 14.7. The molecule has 0 radical (unpaired) electrons. The Morgan fingerprint density at radius 1 is 1.22 bits per heavy atom. The van der Waals surface area contributed by atoms with E-state index >= 15 is 0 Å². The maximum absolute atomic E-state index is 11.2. The quantitative estimate of drug-likeness (QED) is 0.817. The van der Waals surface area contributed by atoms with E-state index in [2.05, 4.69) is 10.1 Å². The van der Waals surface area contributed by atoms with Gasteiger partial charge in [0.1, 0.15) is 6.61 Å². The fourth-order valence-electron chi connectivity index (χ4n) is 1.44. The Balaban J connectivity index is 2.53. The SMILES string of the molecule is COCC(=O)NCc1ccc(CS(C)(=O)=O)cc1. The molecule has 0 aromatic heterocycles. The normalized spacial score (nSPS) is 11.2. The molecule has 5 nitrogen and oxygen atoms in total. The monoisotopic (exact) mass is 271 g/mol. The molecular weight excluding hydrogens is 254 g/mol. The zero-order valence-corrected chi connectivity index (χ0v) is 11.3. The van der Waals surface area contributed by atoms with Gasteiger partial charge in [-0.3, -0.25) is 4.79 Å². The van der Waals surface area contributed by atoms with Gasteiger partial charge in [-0.15, -0.1) is 0 Å². The number of benzene rings is 1. The van der Waals surface area contributed by atoms with Crippen LogP contribution in [0, 0.1) is 0 Å². The first-order valence-corrected chi connectivity index (χ1v) is 7.48. The average Bonchev–Trinajstić information content (AvgIpc) is 2.26. The molecule has 0 spiro atoms. The van der Waals surface area contributed by atoms with Gasteiger partial charge < -0.3 is 10.1 Å². The van der Waals surface area contributed by atoms with Crippen molar-refractivity contribution in [3.05, 3.63) is 35.4 Å². The van der Waals surface area contributed by atoms with E-state index in [-0.39, 0.29) is 18.3 Å². The number of amides is 1. The lowest BCUT2D eigenvalue weighted by Crippen LogP contribution is -2.26. The summed E-state index contributed by atoms with van der Waals surface area (Å²) in [6, 6.07) is 7.10. The van der Waals surface area contributed by atoms with Crippen molar-refractivity contribution in [1.29, 1.82) is 0 Å². The van der Waals surface area contributed by atoms with Gasteiger partial charge in [-0.25, -0.2) is 8.42 Å². The third-order valence-corrected chi connectivity index (χ3v) is 3.07. The van der Waals surface area contributed by atoms with E-state index < -0.39 is 9.84 Å². The van der Waals surface area contributed by atoms with Crippen LogP contribution in [0.1, 0.15) is 11.1 Å². The van der Waals surface area contributed by atoms with Crippen LogP contribution < -0.4 is 5.32 Å². The van der Waals surface area contributed by atoms with Crippen LogP contribution in [-0.2, 0) is 31.7 Å². The molecule has 0 heterocycles. The lowest BCUT2D eigenvalue weighted by atomic mass is 10.1. The second-order valence-electron chi connectivity index (χ2n) is 4.10. The molecule has 0 fully saturated rings. The molecule has 0 aliphatic carbocycles. The van der Waals surface area contributed by atoms with Crippen molar-refractivity contribution in [2.75, 3.05) is 20.0 Å². The molecule has 1 N–H and O–H groups in total. The number of hydrogen-bond donors (Lipinski definition) is 1. The van der Waals surface area contributed by atoms with Crippen molar-refractivity contribution >= 4 is 15.7 Å². The van der Waals surface area contributed by atoms with Gasteiger partial charge in [0.2, 0.25) is 5.91 Å². The summed E-state index contributed by atoms with van der Waals surface area (Å²) in [5, 5.41) is 2.69. The van der Waals surface area contributed by atoms with Crippen LogP contribution >= 0.6 is 0 Å². The van der Waals surface area contributed by atoms with Crippen LogP contribution in [0.2, 0.25) is 0 Å². The summed E-state index contributed by atoms with van der Waals surface area (Å²) in [6.45, 7) is 0.438. The summed E-state index contributed by atoms with van der Waals surface area (Å²) < 4.78 is 26.9. The Hall–Kier alpha value is -1.40. The van der Waals surface area contributed by atoms with Gasteiger partial charge in [0, 0.05) is 19.9 Å². The Morgan fingerprint density at radius 3 is 2.28 bits per heavy atom. The molecule has 1 aromatic rings. The minimum absolute atomic E-state index is 0.0311. The third kappa shape index (κ3) is 5.79. The Bertz CT molecular complexity index is 493. The molecule has 0 unspecified atom stereocenters. The summed E-state index contributed by atoms with van der Waals surface area (Å²) in [6.07, 6.45) is 1.20. The van der Waals surface area contributed by atoms with Crippen molar-refractivity contribution < 1.29 is 17.9 Å². The molecule has 0 atom stereocenters. The zero-order valence-electron chi connectivity index (χ0n) is 10.5. The number of carbonyl (C=O) groups excluding carboxylic acids is 1. The highest BCUT2D eigenvalue weighted by Gasteiger charge is 2.04. The molecule has 1 rings (SSSR count). The molecular formula is C12H17NO4S. The second kappa shape index (κ2) is 6.51. The van der Waals surface area contributed by atoms with Gasteiger partial charge in [-0.05, 0) is 11.1 Å². The van der Waals surface area contributed by atoms with Crippen molar-refractivity contribution in [2.45, 2.75) is 12.3 Å². The number of nitrogens with one attached hydrogen (secondary N) is 1. The van der Waals surface area contributed by atoms with Crippen molar-refractivity contribution in [1.82, 2.24) is 5.32 Å². The van der Waals surface area contributed by atoms with Crippen LogP contribution in [0.5, 0.6) is 0 Å². The van der Waals surface area contributed by atoms with E-state index in [1.807, 2.05) is 0 Å². The number of ether oxygens (including phenoxy) is 1. The predicted molar refractivity (Wildman–Crippen MR) is 68.7 cm³/mol. The summed E-state index contributed by atoms with van der Waals surface area (Å²) in [4.78, 5) is 11.2.